The molecule has 0 aromatic heterocycles. The fourth-order valence-electron chi connectivity index (χ4n) is 2.62. The molecule has 0 heterocycles. The van der Waals surface area contributed by atoms with Crippen molar-refractivity contribution in [2.24, 2.45) is 5.92 Å². The highest BCUT2D eigenvalue weighted by atomic mass is 16.5. The Labute approximate surface area is 101 Å². The number of nitrogens with one attached hydrogen (secondary N) is 1. The lowest BCUT2D eigenvalue weighted by atomic mass is 9.83. The molecule has 1 N–H and O–H groups in total. The topological polar surface area (TPSA) is 21.3 Å². The summed E-state index contributed by atoms with van der Waals surface area (Å²) in [7, 11) is 0. The minimum atomic E-state index is 0.363. The summed E-state index contributed by atoms with van der Waals surface area (Å²) in [5.41, 5.74) is 0. The normalized spacial score (nSPS) is 26.2. The first-order chi connectivity index (χ1) is 7.72. The van der Waals surface area contributed by atoms with E-state index in [2.05, 4.69) is 26.1 Å². The van der Waals surface area contributed by atoms with Crippen LogP contribution in [-0.4, -0.2) is 25.3 Å². The summed E-state index contributed by atoms with van der Waals surface area (Å²) in [4.78, 5) is 0. The molecule has 2 nitrogen and oxygen atoms in total. The van der Waals surface area contributed by atoms with Crippen LogP contribution >= 0.6 is 0 Å². The van der Waals surface area contributed by atoms with Crippen LogP contribution in [0.3, 0.4) is 0 Å². The molecule has 0 atom stereocenters. The van der Waals surface area contributed by atoms with Gasteiger partial charge >= 0.3 is 0 Å². The summed E-state index contributed by atoms with van der Waals surface area (Å²) in [5.74, 6) is 1.01. The molecule has 0 radical (unpaired) electrons. The fraction of sp³-hybridized carbons (Fsp3) is 1.00. The highest BCUT2D eigenvalue weighted by molar-refractivity contribution is 4.76. The van der Waals surface area contributed by atoms with Crippen LogP contribution in [0.4, 0.5) is 0 Å². The quantitative estimate of drug-likeness (QED) is 0.673. The Morgan fingerprint density at radius 3 is 2.44 bits per heavy atom. The van der Waals surface area contributed by atoms with E-state index < -0.39 is 0 Å². The SMILES string of the molecule is CCCC1CCC(NCCOC(C)C)CC1. The van der Waals surface area contributed by atoms with Gasteiger partial charge in [-0.1, -0.05) is 19.8 Å². The molecule has 1 rings (SSSR count). The smallest absolute Gasteiger partial charge is 0.0594 e. The van der Waals surface area contributed by atoms with Crippen molar-refractivity contribution in [2.45, 2.75) is 71.4 Å². The third-order valence-corrected chi connectivity index (χ3v) is 3.53. The molecule has 1 fully saturated rings. The summed E-state index contributed by atoms with van der Waals surface area (Å²) in [5, 5.41) is 3.61. The van der Waals surface area contributed by atoms with Crippen LogP contribution in [0.25, 0.3) is 0 Å². The Kier molecular flexibility index (Phi) is 7.06. The van der Waals surface area contributed by atoms with E-state index in [1.165, 1.54) is 38.5 Å². The standard InChI is InChI=1S/C14H29NO/c1-4-5-13-6-8-14(9-7-13)15-10-11-16-12(2)3/h12-15H,4-11H2,1-3H3. The van der Waals surface area contributed by atoms with E-state index in [1.807, 2.05) is 0 Å². The Balaban J connectivity index is 1.99. The zero-order chi connectivity index (χ0) is 11.8. The molecular formula is C14H29NO. The molecule has 1 aliphatic rings. The molecule has 0 unspecified atom stereocenters. The highest BCUT2D eigenvalue weighted by Crippen LogP contribution is 2.27. The van der Waals surface area contributed by atoms with Crippen molar-refractivity contribution in [3.8, 4) is 0 Å². The van der Waals surface area contributed by atoms with Crippen LogP contribution in [0.15, 0.2) is 0 Å². The molecule has 1 saturated carbocycles. The highest BCUT2D eigenvalue weighted by Gasteiger charge is 2.19. The van der Waals surface area contributed by atoms with Gasteiger partial charge in [-0.3, -0.25) is 0 Å². The summed E-state index contributed by atoms with van der Waals surface area (Å²) in [6.45, 7) is 8.35. The molecule has 0 spiro atoms. The molecule has 0 aliphatic heterocycles. The van der Waals surface area contributed by atoms with Crippen molar-refractivity contribution >= 4 is 0 Å². The first kappa shape index (κ1) is 14.0. The van der Waals surface area contributed by atoms with Gasteiger partial charge < -0.3 is 10.1 Å². The number of ether oxygens (including phenoxy) is 1. The third kappa shape index (κ3) is 5.86. The minimum Gasteiger partial charge on any atom is -0.377 e. The van der Waals surface area contributed by atoms with Gasteiger partial charge in [0.2, 0.25) is 0 Å². The maximum absolute atomic E-state index is 5.53. The molecule has 16 heavy (non-hydrogen) atoms. The molecular weight excluding hydrogens is 198 g/mol. The number of rotatable bonds is 7. The van der Waals surface area contributed by atoms with E-state index in [4.69, 9.17) is 4.74 Å². The summed E-state index contributed by atoms with van der Waals surface area (Å²) in [6.07, 6.45) is 8.74. The summed E-state index contributed by atoms with van der Waals surface area (Å²) >= 11 is 0. The van der Waals surface area contributed by atoms with Crippen LogP contribution in [0.2, 0.25) is 0 Å². The van der Waals surface area contributed by atoms with Gasteiger partial charge in [-0.15, -0.1) is 0 Å². The first-order valence-electron chi connectivity index (χ1n) is 7.07. The molecule has 96 valence electrons. The second-order valence-corrected chi connectivity index (χ2v) is 5.38. The summed E-state index contributed by atoms with van der Waals surface area (Å²) in [6, 6.07) is 0.754. The van der Waals surface area contributed by atoms with Crippen molar-refractivity contribution in [1.29, 1.82) is 0 Å². The predicted molar refractivity (Wildman–Crippen MR) is 69.7 cm³/mol. The predicted octanol–water partition coefficient (Wildman–Crippen LogP) is 3.36. The largest absolute Gasteiger partial charge is 0.377 e. The lowest BCUT2D eigenvalue weighted by Crippen LogP contribution is -2.35. The van der Waals surface area contributed by atoms with Crippen LogP contribution in [0.1, 0.15) is 59.3 Å². The molecule has 0 amide bonds. The van der Waals surface area contributed by atoms with E-state index in [0.29, 0.717) is 6.10 Å². The molecule has 0 aromatic rings. The second kappa shape index (κ2) is 8.08. The van der Waals surface area contributed by atoms with Crippen LogP contribution in [-0.2, 0) is 4.74 Å². The summed E-state index contributed by atoms with van der Waals surface area (Å²) < 4.78 is 5.53. The Hall–Kier alpha value is -0.0800. The maximum Gasteiger partial charge on any atom is 0.0594 e. The molecule has 0 bridgehead atoms. The van der Waals surface area contributed by atoms with Crippen molar-refractivity contribution in [1.82, 2.24) is 5.32 Å². The zero-order valence-electron chi connectivity index (χ0n) is 11.3. The Bertz CT molecular complexity index is 162. The van der Waals surface area contributed by atoms with Gasteiger partial charge in [0.25, 0.3) is 0 Å². The minimum absolute atomic E-state index is 0.363. The molecule has 0 aromatic carbocycles. The van der Waals surface area contributed by atoms with E-state index in [9.17, 15) is 0 Å². The fourth-order valence-corrected chi connectivity index (χ4v) is 2.62. The van der Waals surface area contributed by atoms with Gasteiger partial charge in [0.15, 0.2) is 0 Å². The van der Waals surface area contributed by atoms with E-state index >= 15 is 0 Å². The lowest BCUT2D eigenvalue weighted by molar-refractivity contribution is 0.0779. The number of hydrogen-bond acceptors (Lipinski definition) is 2. The van der Waals surface area contributed by atoms with Gasteiger partial charge in [0.05, 0.1) is 12.7 Å². The van der Waals surface area contributed by atoms with Gasteiger partial charge in [0.1, 0.15) is 0 Å². The monoisotopic (exact) mass is 227 g/mol. The Morgan fingerprint density at radius 2 is 1.88 bits per heavy atom. The van der Waals surface area contributed by atoms with Crippen molar-refractivity contribution in [2.75, 3.05) is 13.2 Å². The van der Waals surface area contributed by atoms with E-state index in [0.717, 1.165) is 25.1 Å². The van der Waals surface area contributed by atoms with Crippen molar-refractivity contribution in [3.05, 3.63) is 0 Å². The first-order valence-corrected chi connectivity index (χ1v) is 7.07. The van der Waals surface area contributed by atoms with E-state index in [1.54, 1.807) is 0 Å². The molecule has 1 aliphatic carbocycles. The van der Waals surface area contributed by atoms with E-state index in [-0.39, 0.29) is 0 Å². The van der Waals surface area contributed by atoms with Gasteiger partial charge in [-0.25, -0.2) is 0 Å². The van der Waals surface area contributed by atoms with Crippen LogP contribution in [0, 0.1) is 5.92 Å². The average molecular weight is 227 g/mol. The molecule has 0 saturated heterocycles. The van der Waals surface area contributed by atoms with Crippen molar-refractivity contribution < 1.29 is 4.74 Å². The second-order valence-electron chi connectivity index (χ2n) is 5.38. The third-order valence-electron chi connectivity index (χ3n) is 3.53. The van der Waals surface area contributed by atoms with Crippen LogP contribution < -0.4 is 5.32 Å². The van der Waals surface area contributed by atoms with Crippen molar-refractivity contribution in [3.63, 3.8) is 0 Å². The lowest BCUT2D eigenvalue weighted by Gasteiger charge is -2.29. The van der Waals surface area contributed by atoms with Gasteiger partial charge in [-0.2, -0.15) is 0 Å². The zero-order valence-corrected chi connectivity index (χ0v) is 11.3. The maximum atomic E-state index is 5.53. The average Bonchev–Trinajstić information content (AvgIpc) is 2.27. The van der Waals surface area contributed by atoms with Crippen LogP contribution in [0.5, 0.6) is 0 Å². The molecule has 2 heteroatoms. The van der Waals surface area contributed by atoms with Gasteiger partial charge in [0, 0.05) is 12.6 Å². The number of hydrogen-bond donors (Lipinski definition) is 1. The van der Waals surface area contributed by atoms with Gasteiger partial charge in [-0.05, 0) is 45.4 Å². The Morgan fingerprint density at radius 1 is 1.19 bits per heavy atom.